The zero-order valence-corrected chi connectivity index (χ0v) is 16.0. The second kappa shape index (κ2) is 6.58. The molecule has 1 fully saturated rings. The number of carbonyl (C=O) groups excluding carboxylic acids is 3. The molecule has 30 heavy (non-hydrogen) atoms. The molecule has 1 aliphatic heterocycles. The van der Waals surface area contributed by atoms with E-state index < -0.39 is 29.9 Å². The van der Waals surface area contributed by atoms with Crippen molar-refractivity contribution in [3.8, 4) is 0 Å². The van der Waals surface area contributed by atoms with Crippen LogP contribution in [-0.2, 0) is 21.5 Å². The second-order valence-electron chi connectivity index (χ2n) is 7.63. The van der Waals surface area contributed by atoms with Crippen molar-refractivity contribution in [3.05, 3.63) is 64.1 Å². The minimum atomic E-state index is -1.10. The number of rotatable bonds is 3. The van der Waals surface area contributed by atoms with E-state index in [4.69, 9.17) is 0 Å². The zero-order valence-electron chi connectivity index (χ0n) is 16.0. The van der Waals surface area contributed by atoms with E-state index >= 15 is 0 Å². The Morgan fingerprint density at radius 1 is 1.07 bits per heavy atom. The molecule has 1 atom stereocenters. The molecule has 2 aliphatic rings. The number of benzene rings is 2. The van der Waals surface area contributed by atoms with Crippen molar-refractivity contribution in [2.24, 2.45) is 0 Å². The van der Waals surface area contributed by atoms with Crippen LogP contribution in [0.4, 0.5) is 10.5 Å². The number of aromatic amines is 2. The number of hydrogen-bond donors (Lipinski definition) is 4. The molecule has 0 saturated carbocycles. The maximum Gasteiger partial charge on any atom is 0.325 e. The molecule has 9 heteroatoms. The van der Waals surface area contributed by atoms with Crippen LogP contribution < -0.4 is 16.3 Å². The molecule has 2 aromatic carbocycles. The van der Waals surface area contributed by atoms with Gasteiger partial charge in [-0.15, -0.1) is 0 Å². The number of nitrogens with one attached hydrogen (secondary N) is 4. The highest BCUT2D eigenvalue weighted by molar-refractivity contribution is 6.10. The first-order chi connectivity index (χ1) is 14.5. The maximum atomic E-state index is 13.2. The Kier molecular flexibility index (Phi) is 3.99. The molecule has 1 saturated heterocycles. The van der Waals surface area contributed by atoms with Crippen LogP contribution in [-0.4, -0.2) is 39.3 Å². The lowest BCUT2D eigenvalue weighted by molar-refractivity contribution is -0.134. The molecule has 1 aromatic heterocycles. The van der Waals surface area contributed by atoms with Crippen LogP contribution in [0, 0.1) is 0 Å². The number of imidazole rings is 1. The lowest BCUT2D eigenvalue weighted by Crippen LogP contribution is -2.47. The van der Waals surface area contributed by atoms with Gasteiger partial charge in [0.25, 0.3) is 5.91 Å². The molecule has 1 spiro atoms. The van der Waals surface area contributed by atoms with E-state index in [2.05, 4.69) is 20.6 Å². The predicted octanol–water partition coefficient (Wildman–Crippen LogP) is 1.58. The van der Waals surface area contributed by atoms with Gasteiger partial charge in [-0.2, -0.15) is 0 Å². The van der Waals surface area contributed by atoms with Crippen molar-refractivity contribution in [1.29, 1.82) is 0 Å². The fourth-order valence-corrected chi connectivity index (χ4v) is 4.41. The normalized spacial score (nSPS) is 20.5. The molecule has 152 valence electrons. The molecule has 9 nitrogen and oxygen atoms in total. The molecule has 2 heterocycles. The lowest BCUT2D eigenvalue weighted by Gasteiger charge is -2.33. The van der Waals surface area contributed by atoms with E-state index in [1.165, 1.54) is 0 Å². The fourth-order valence-electron chi connectivity index (χ4n) is 4.41. The number of hydrogen-bond acceptors (Lipinski definition) is 4. The lowest BCUT2D eigenvalue weighted by atomic mass is 9.76. The van der Waals surface area contributed by atoms with Gasteiger partial charge in [0.1, 0.15) is 12.1 Å². The topological polar surface area (TPSA) is 127 Å². The molecular formula is C21H19N5O4. The highest BCUT2D eigenvalue weighted by atomic mass is 16.2. The SMILES string of the molecule is O=C(CN1C(=O)N[C@@]2(CCCc3ccccc32)C1=O)Nc1ccc2[nH]c(=O)[nH]c2c1. The van der Waals surface area contributed by atoms with Crippen LogP contribution in [0.15, 0.2) is 47.3 Å². The average molecular weight is 405 g/mol. The summed E-state index contributed by atoms with van der Waals surface area (Å²) < 4.78 is 0. The van der Waals surface area contributed by atoms with Crippen molar-refractivity contribution >= 4 is 34.6 Å². The maximum absolute atomic E-state index is 13.2. The Balaban J connectivity index is 1.36. The fraction of sp³-hybridized carbons (Fsp3) is 0.238. The monoisotopic (exact) mass is 405 g/mol. The largest absolute Gasteiger partial charge is 0.325 e. The minimum Gasteiger partial charge on any atom is -0.324 e. The number of fused-ring (bicyclic) bond motifs is 3. The Morgan fingerprint density at radius 2 is 1.87 bits per heavy atom. The van der Waals surface area contributed by atoms with Gasteiger partial charge in [-0.1, -0.05) is 24.3 Å². The minimum absolute atomic E-state index is 0.342. The zero-order chi connectivity index (χ0) is 20.9. The van der Waals surface area contributed by atoms with Crippen LogP contribution in [0.1, 0.15) is 24.0 Å². The van der Waals surface area contributed by atoms with Gasteiger partial charge in [0.15, 0.2) is 0 Å². The van der Waals surface area contributed by atoms with Crippen molar-refractivity contribution < 1.29 is 14.4 Å². The molecule has 0 radical (unpaired) electrons. The van der Waals surface area contributed by atoms with Gasteiger partial charge < -0.3 is 20.6 Å². The predicted molar refractivity (Wildman–Crippen MR) is 109 cm³/mol. The summed E-state index contributed by atoms with van der Waals surface area (Å²) in [5, 5.41) is 5.51. The van der Waals surface area contributed by atoms with E-state index in [9.17, 15) is 19.2 Å². The summed E-state index contributed by atoms with van der Waals surface area (Å²) in [6, 6.07) is 11.9. The Bertz CT molecular complexity index is 1260. The average Bonchev–Trinajstić information content (AvgIpc) is 3.20. The van der Waals surface area contributed by atoms with E-state index in [0.717, 1.165) is 28.9 Å². The number of aryl methyl sites for hydroxylation is 1. The molecule has 5 rings (SSSR count). The first-order valence-electron chi connectivity index (χ1n) is 9.71. The number of nitrogens with zero attached hydrogens (tertiary/aromatic N) is 1. The third kappa shape index (κ3) is 2.78. The molecule has 1 aliphatic carbocycles. The summed E-state index contributed by atoms with van der Waals surface area (Å²) in [5.74, 6) is -0.905. The van der Waals surface area contributed by atoms with Gasteiger partial charge in [-0.25, -0.2) is 9.59 Å². The number of aromatic nitrogens is 2. The summed E-state index contributed by atoms with van der Waals surface area (Å²) in [5.41, 5.74) is 2.02. The van der Waals surface area contributed by atoms with E-state index in [1.54, 1.807) is 18.2 Å². The van der Waals surface area contributed by atoms with Crippen molar-refractivity contribution in [2.75, 3.05) is 11.9 Å². The summed E-state index contributed by atoms with van der Waals surface area (Å²) in [4.78, 5) is 56.0. The number of anilines is 1. The van der Waals surface area contributed by atoms with Crippen molar-refractivity contribution in [1.82, 2.24) is 20.2 Å². The summed E-state index contributed by atoms with van der Waals surface area (Å²) in [7, 11) is 0. The summed E-state index contributed by atoms with van der Waals surface area (Å²) in [6.07, 6.45) is 2.13. The second-order valence-corrected chi connectivity index (χ2v) is 7.63. The third-order valence-corrected chi connectivity index (χ3v) is 5.75. The van der Waals surface area contributed by atoms with Crippen LogP contribution >= 0.6 is 0 Å². The van der Waals surface area contributed by atoms with Crippen LogP contribution in [0.3, 0.4) is 0 Å². The van der Waals surface area contributed by atoms with Crippen LogP contribution in [0.5, 0.6) is 0 Å². The Labute approximate surface area is 170 Å². The Morgan fingerprint density at radius 3 is 2.73 bits per heavy atom. The number of amides is 4. The van der Waals surface area contributed by atoms with E-state index in [0.29, 0.717) is 23.1 Å². The molecule has 0 bridgehead atoms. The van der Waals surface area contributed by atoms with Crippen LogP contribution in [0.2, 0.25) is 0 Å². The molecule has 3 aromatic rings. The van der Waals surface area contributed by atoms with E-state index in [-0.39, 0.29) is 5.69 Å². The first-order valence-corrected chi connectivity index (χ1v) is 9.71. The summed E-state index contributed by atoms with van der Waals surface area (Å²) in [6.45, 7) is -0.393. The number of carbonyl (C=O) groups is 3. The van der Waals surface area contributed by atoms with Crippen LogP contribution in [0.25, 0.3) is 11.0 Å². The van der Waals surface area contributed by atoms with Crippen molar-refractivity contribution in [3.63, 3.8) is 0 Å². The van der Waals surface area contributed by atoms with Gasteiger partial charge in [-0.3, -0.25) is 14.5 Å². The molecule has 0 unspecified atom stereocenters. The standard InChI is InChI=1S/C21H19N5O4/c27-17(22-13-7-8-15-16(10-13)24-19(29)23-15)11-26-18(28)21(25-20(26)30)9-3-5-12-4-1-2-6-14(12)21/h1-2,4,6-8,10H,3,5,9,11H2,(H,22,27)(H,25,30)(H2,23,24,29)/t21-/m1/s1. The Hall–Kier alpha value is -3.88. The summed E-state index contributed by atoms with van der Waals surface area (Å²) >= 11 is 0. The number of urea groups is 1. The molecule has 4 amide bonds. The van der Waals surface area contributed by atoms with Gasteiger partial charge in [0.2, 0.25) is 5.91 Å². The first kappa shape index (κ1) is 18.2. The highest BCUT2D eigenvalue weighted by Crippen LogP contribution is 2.39. The van der Waals surface area contributed by atoms with E-state index in [1.807, 2.05) is 24.3 Å². The van der Waals surface area contributed by atoms with Gasteiger partial charge in [0, 0.05) is 5.69 Å². The van der Waals surface area contributed by atoms with Gasteiger partial charge in [0.05, 0.1) is 11.0 Å². The number of imide groups is 1. The third-order valence-electron chi connectivity index (χ3n) is 5.75. The van der Waals surface area contributed by atoms with Gasteiger partial charge >= 0.3 is 11.7 Å². The molecular weight excluding hydrogens is 386 g/mol. The smallest absolute Gasteiger partial charge is 0.324 e. The molecule has 4 N–H and O–H groups in total. The number of H-pyrrole nitrogens is 2. The van der Waals surface area contributed by atoms with Gasteiger partial charge in [-0.05, 0) is 48.6 Å². The highest BCUT2D eigenvalue weighted by Gasteiger charge is 2.54. The quantitative estimate of drug-likeness (QED) is 0.493. The van der Waals surface area contributed by atoms with Crippen molar-refractivity contribution in [2.45, 2.75) is 24.8 Å².